The Kier molecular flexibility index (Phi) is 5.30. The van der Waals surface area contributed by atoms with Gasteiger partial charge in [0.15, 0.2) is 5.03 Å². The van der Waals surface area contributed by atoms with E-state index in [2.05, 4.69) is 28.8 Å². The van der Waals surface area contributed by atoms with Crippen LogP contribution in [0.3, 0.4) is 0 Å². The van der Waals surface area contributed by atoms with Crippen LogP contribution >= 0.6 is 0 Å². The second-order valence-corrected chi connectivity index (χ2v) is 6.57. The third-order valence-electron chi connectivity index (χ3n) is 2.70. The topological polar surface area (TPSA) is 101 Å². The van der Waals surface area contributed by atoms with Crippen LogP contribution in [-0.4, -0.2) is 24.7 Å². The molecule has 1 unspecified atom stereocenters. The first-order chi connectivity index (χ1) is 8.36. The average molecular weight is 274 g/mol. The van der Waals surface area contributed by atoms with Crippen LogP contribution in [0, 0.1) is 5.92 Å². The van der Waals surface area contributed by atoms with Gasteiger partial charge in [0.2, 0.25) is 0 Å². The Bertz CT molecular complexity index is 467. The Morgan fingerprint density at radius 2 is 2.06 bits per heavy atom. The van der Waals surface area contributed by atoms with E-state index in [-0.39, 0.29) is 17.6 Å². The molecule has 6 nitrogen and oxygen atoms in total. The van der Waals surface area contributed by atoms with Gasteiger partial charge < -0.3 is 5.73 Å². The normalized spacial score (nSPS) is 14.1. The Hall–Kier alpha value is -0.920. The quantitative estimate of drug-likeness (QED) is 0.689. The molecule has 0 aromatic carbocycles. The van der Waals surface area contributed by atoms with Crippen LogP contribution in [0.25, 0.3) is 0 Å². The highest BCUT2D eigenvalue weighted by Gasteiger charge is 2.22. The van der Waals surface area contributed by atoms with Crippen molar-refractivity contribution in [3.8, 4) is 0 Å². The second-order valence-electron chi connectivity index (χ2n) is 4.92. The molecule has 0 aliphatic heterocycles. The van der Waals surface area contributed by atoms with E-state index in [4.69, 9.17) is 5.73 Å². The predicted octanol–water partition coefficient (Wildman–Crippen LogP) is 0.971. The number of rotatable bonds is 7. The van der Waals surface area contributed by atoms with Crippen molar-refractivity contribution < 1.29 is 8.42 Å². The lowest BCUT2D eigenvalue weighted by Crippen LogP contribution is -2.33. The van der Waals surface area contributed by atoms with Gasteiger partial charge in [-0.2, -0.15) is 5.10 Å². The first-order valence-corrected chi connectivity index (χ1v) is 7.59. The fourth-order valence-electron chi connectivity index (χ4n) is 1.64. The zero-order chi connectivity index (χ0) is 13.8. The van der Waals surface area contributed by atoms with Crippen molar-refractivity contribution in [2.24, 2.45) is 11.7 Å². The molecular formula is C11H22N4O2S. The summed E-state index contributed by atoms with van der Waals surface area (Å²) in [5.74, 6) is 0.559. The highest BCUT2D eigenvalue weighted by Crippen LogP contribution is 2.13. The van der Waals surface area contributed by atoms with Crippen LogP contribution in [0.4, 0.5) is 0 Å². The number of hydrogen-bond acceptors (Lipinski definition) is 4. The Balaban J connectivity index is 2.70. The van der Waals surface area contributed by atoms with Crippen LogP contribution in [0.1, 0.15) is 39.2 Å². The summed E-state index contributed by atoms with van der Waals surface area (Å²) in [5.41, 5.74) is 5.97. The zero-order valence-electron chi connectivity index (χ0n) is 11.1. The molecule has 1 aromatic heterocycles. The number of nitrogens with one attached hydrogen (secondary N) is 2. The van der Waals surface area contributed by atoms with Crippen molar-refractivity contribution in [2.75, 3.05) is 0 Å². The molecule has 0 spiro atoms. The number of sulfonamides is 1. The molecular weight excluding hydrogens is 252 g/mol. The predicted molar refractivity (Wildman–Crippen MR) is 70.3 cm³/mol. The molecule has 0 aliphatic carbocycles. The summed E-state index contributed by atoms with van der Waals surface area (Å²) in [6.07, 6.45) is 3.23. The van der Waals surface area contributed by atoms with Crippen LogP contribution in [0.15, 0.2) is 11.2 Å². The van der Waals surface area contributed by atoms with Gasteiger partial charge in [0.05, 0.1) is 6.20 Å². The molecule has 1 heterocycles. The molecule has 0 saturated heterocycles. The third kappa shape index (κ3) is 4.08. The molecule has 4 N–H and O–H groups in total. The number of H-pyrrole nitrogens is 1. The molecule has 0 fully saturated rings. The molecule has 1 rings (SSSR count). The maximum atomic E-state index is 12.1. The van der Waals surface area contributed by atoms with E-state index in [1.807, 2.05) is 6.92 Å². The van der Waals surface area contributed by atoms with Crippen molar-refractivity contribution in [2.45, 2.75) is 51.2 Å². The van der Waals surface area contributed by atoms with E-state index >= 15 is 0 Å². The van der Waals surface area contributed by atoms with Gasteiger partial charge in [0.1, 0.15) is 0 Å². The standard InChI is InChI=1S/C11H22N4O2S/c1-8(2)4-5-9(3)15-18(16,17)11-10(6-12)7-13-14-11/h7-9,15H,4-6,12H2,1-3H3,(H,13,14). The minimum Gasteiger partial charge on any atom is -0.326 e. The fourth-order valence-corrected chi connectivity index (χ4v) is 3.06. The highest BCUT2D eigenvalue weighted by atomic mass is 32.2. The van der Waals surface area contributed by atoms with Crippen LogP contribution in [-0.2, 0) is 16.6 Å². The van der Waals surface area contributed by atoms with Gasteiger partial charge in [-0.15, -0.1) is 0 Å². The molecule has 0 bridgehead atoms. The lowest BCUT2D eigenvalue weighted by atomic mass is 10.1. The highest BCUT2D eigenvalue weighted by molar-refractivity contribution is 7.89. The fraction of sp³-hybridized carbons (Fsp3) is 0.727. The van der Waals surface area contributed by atoms with Crippen molar-refractivity contribution >= 4 is 10.0 Å². The molecule has 0 aliphatic rings. The number of aromatic amines is 1. The summed E-state index contributed by atoms with van der Waals surface area (Å²) in [5, 5.41) is 6.27. The van der Waals surface area contributed by atoms with Crippen molar-refractivity contribution in [3.05, 3.63) is 11.8 Å². The van der Waals surface area contributed by atoms with E-state index < -0.39 is 10.0 Å². The van der Waals surface area contributed by atoms with E-state index in [0.29, 0.717) is 11.5 Å². The molecule has 0 saturated carbocycles. The van der Waals surface area contributed by atoms with Crippen molar-refractivity contribution in [1.82, 2.24) is 14.9 Å². The maximum absolute atomic E-state index is 12.1. The first-order valence-electron chi connectivity index (χ1n) is 6.11. The summed E-state index contributed by atoms with van der Waals surface area (Å²) < 4.78 is 26.8. The lowest BCUT2D eigenvalue weighted by Gasteiger charge is -2.15. The molecule has 0 radical (unpaired) electrons. The molecule has 0 amide bonds. The Labute approximate surface area is 108 Å². The number of aromatic nitrogens is 2. The molecule has 7 heteroatoms. The number of nitrogens with two attached hydrogens (primary N) is 1. The van der Waals surface area contributed by atoms with Gasteiger partial charge in [-0.1, -0.05) is 13.8 Å². The number of hydrogen-bond donors (Lipinski definition) is 3. The Morgan fingerprint density at radius 1 is 1.39 bits per heavy atom. The largest absolute Gasteiger partial charge is 0.326 e. The van der Waals surface area contributed by atoms with Crippen molar-refractivity contribution in [1.29, 1.82) is 0 Å². The average Bonchev–Trinajstić information content (AvgIpc) is 2.74. The second kappa shape index (κ2) is 6.31. The smallest absolute Gasteiger partial charge is 0.258 e. The summed E-state index contributed by atoms with van der Waals surface area (Å²) in [6.45, 7) is 6.23. The monoisotopic (exact) mass is 274 g/mol. The number of nitrogens with zero attached hydrogens (tertiary/aromatic N) is 1. The SMILES string of the molecule is CC(C)CCC(C)NS(=O)(=O)c1[nH]ncc1CN. The minimum atomic E-state index is -3.55. The summed E-state index contributed by atoms with van der Waals surface area (Å²) in [4.78, 5) is 0. The van der Waals surface area contributed by atoms with Gasteiger partial charge in [-0.3, -0.25) is 5.10 Å². The summed E-state index contributed by atoms with van der Waals surface area (Å²) in [7, 11) is -3.55. The van der Waals surface area contributed by atoms with Crippen molar-refractivity contribution in [3.63, 3.8) is 0 Å². The van der Waals surface area contributed by atoms with Gasteiger partial charge in [-0.05, 0) is 25.7 Å². The van der Waals surface area contributed by atoms with Gasteiger partial charge in [0, 0.05) is 18.2 Å². The Morgan fingerprint density at radius 3 is 2.61 bits per heavy atom. The molecule has 1 atom stereocenters. The lowest BCUT2D eigenvalue weighted by molar-refractivity contribution is 0.484. The molecule has 104 valence electrons. The first kappa shape index (κ1) is 15.1. The zero-order valence-corrected chi connectivity index (χ0v) is 11.9. The third-order valence-corrected chi connectivity index (χ3v) is 4.30. The summed E-state index contributed by atoms with van der Waals surface area (Å²) >= 11 is 0. The van der Waals surface area contributed by atoms with Gasteiger partial charge in [-0.25, -0.2) is 13.1 Å². The van der Waals surface area contributed by atoms with E-state index in [9.17, 15) is 8.42 Å². The van der Waals surface area contributed by atoms with E-state index in [1.165, 1.54) is 6.20 Å². The summed E-state index contributed by atoms with van der Waals surface area (Å²) in [6, 6.07) is -0.105. The van der Waals surface area contributed by atoms with Crippen LogP contribution in [0.5, 0.6) is 0 Å². The minimum absolute atomic E-state index is 0.0707. The van der Waals surface area contributed by atoms with Gasteiger partial charge >= 0.3 is 0 Å². The van der Waals surface area contributed by atoms with Gasteiger partial charge in [0.25, 0.3) is 10.0 Å². The maximum Gasteiger partial charge on any atom is 0.258 e. The van der Waals surface area contributed by atoms with E-state index in [1.54, 1.807) is 0 Å². The molecule has 18 heavy (non-hydrogen) atoms. The van der Waals surface area contributed by atoms with Crippen LogP contribution < -0.4 is 10.5 Å². The molecule has 1 aromatic rings. The van der Waals surface area contributed by atoms with E-state index in [0.717, 1.165) is 12.8 Å². The van der Waals surface area contributed by atoms with Crippen LogP contribution in [0.2, 0.25) is 0 Å².